The van der Waals surface area contributed by atoms with Crippen LogP contribution in [-0.2, 0) is 0 Å². The molecule has 1 atom stereocenters. The molecule has 0 bridgehead atoms. The van der Waals surface area contributed by atoms with Gasteiger partial charge in [0.05, 0.1) is 17.5 Å². The van der Waals surface area contributed by atoms with Crippen LogP contribution in [0.25, 0.3) is 5.70 Å². The van der Waals surface area contributed by atoms with Crippen LogP contribution in [0.2, 0.25) is 0 Å². The van der Waals surface area contributed by atoms with Crippen LogP contribution < -0.4 is 10.6 Å². The molecular weight excluding hydrogens is 440 g/mol. The summed E-state index contributed by atoms with van der Waals surface area (Å²) in [4.78, 5) is 0. The Morgan fingerprint density at radius 3 is 2.03 bits per heavy atom. The topological polar surface area (TPSA) is 48.8 Å². The van der Waals surface area contributed by atoms with E-state index in [0.717, 1.165) is 58.9 Å². The molecule has 184 valence electrons. The van der Waals surface area contributed by atoms with E-state index in [0.29, 0.717) is 5.92 Å². The predicted molar refractivity (Wildman–Crippen MR) is 155 cm³/mol. The lowest BCUT2D eigenvalue weighted by Crippen LogP contribution is -2.17. The van der Waals surface area contributed by atoms with Gasteiger partial charge in [0.15, 0.2) is 0 Å². The van der Waals surface area contributed by atoms with E-state index in [4.69, 9.17) is 0 Å². The summed E-state index contributed by atoms with van der Waals surface area (Å²) in [6.45, 7) is 15.5. The molecule has 36 heavy (non-hydrogen) atoms. The van der Waals surface area contributed by atoms with Gasteiger partial charge in [-0.3, -0.25) is 0 Å². The Hall–Kier alpha value is -3.92. The van der Waals surface area contributed by atoms with Gasteiger partial charge in [0.2, 0.25) is 0 Å². The monoisotopic (exact) mass is 476 g/mol. The molecule has 0 saturated carbocycles. The standard InChI is InChI=1S/C32H36N4/c1-22(2)19-20-33-24(5)25-15-17-29(18-16-25)34-32(23(3)4)28-13-11-27(12-14-28)31-21-30(35-36-31)26-9-7-6-8-10-26/h6-18,23,32-34H,1,5,19-21H2,2-4H3. The first-order chi connectivity index (χ1) is 17.4. The zero-order valence-electron chi connectivity index (χ0n) is 21.6. The average molecular weight is 477 g/mol. The Labute approximate surface area is 215 Å². The molecule has 1 aliphatic heterocycles. The summed E-state index contributed by atoms with van der Waals surface area (Å²) >= 11 is 0. The molecular formula is C32H36N4. The van der Waals surface area contributed by atoms with Crippen LogP contribution in [0.5, 0.6) is 0 Å². The molecule has 0 fully saturated rings. The lowest BCUT2D eigenvalue weighted by Gasteiger charge is -2.24. The van der Waals surface area contributed by atoms with E-state index in [1.807, 2.05) is 25.1 Å². The molecule has 3 aromatic rings. The van der Waals surface area contributed by atoms with Crippen LogP contribution in [0.3, 0.4) is 0 Å². The quantitative estimate of drug-likeness (QED) is 0.280. The van der Waals surface area contributed by atoms with Crippen LogP contribution in [0.4, 0.5) is 5.69 Å². The molecule has 4 heteroatoms. The minimum Gasteiger partial charge on any atom is -0.385 e. The van der Waals surface area contributed by atoms with Crippen LogP contribution >= 0.6 is 0 Å². The van der Waals surface area contributed by atoms with Crippen molar-refractivity contribution in [2.75, 3.05) is 11.9 Å². The maximum Gasteiger partial charge on any atom is 0.0763 e. The third-order valence-electron chi connectivity index (χ3n) is 6.45. The number of rotatable bonds is 11. The highest BCUT2D eigenvalue weighted by molar-refractivity contribution is 6.20. The number of hydrogen-bond donors (Lipinski definition) is 2. The molecule has 0 saturated heterocycles. The Morgan fingerprint density at radius 2 is 1.44 bits per heavy atom. The lowest BCUT2D eigenvalue weighted by molar-refractivity contribution is 0.546. The van der Waals surface area contributed by atoms with Gasteiger partial charge in [0.1, 0.15) is 0 Å². The first-order valence-electron chi connectivity index (χ1n) is 12.6. The second kappa shape index (κ2) is 11.7. The zero-order chi connectivity index (χ0) is 25.5. The summed E-state index contributed by atoms with van der Waals surface area (Å²) in [5.74, 6) is 0.422. The smallest absolute Gasteiger partial charge is 0.0763 e. The SMILES string of the molecule is C=C(C)CCNC(=C)c1ccc(NC(c2ccc(C3=NN=C(c4ccccc4)C3)cc2)C(C)C)cc1. The number of anilines is 1. The Bertz CT molecular complexity index is 1250. The third kappa shape index (κ3) is 6.39. The van der Waals surface area contributed by atoms with Crippen molar-refractivity contribution < 1.29 is 0 Å². The highest BCUT2D eigenvalue weighted by Gasteiger charge is 2.19. The van der Waals surface area contributed by atoms with E-state index in [1.54, 1.807) is 0 Å². The van der Waals surface area contributed by atoms with Gasteiger partial charge in [0, 0.05) is 24.4 Å². The van der Waals surface area contributed by atoms with Crippen LogP contribution in [0.15, 0.2) is 108 Å². The second-order valence-corrected chi connectivity index (χ2v) is 9.81. The molecule has 3 aromatic carbocycles. The van der Waals surface area contributed by atoms with Crippen LogP contribution in [-0.4, -0.2) is 18.0 Å². The summed E-state index contributed by atoms with van der Waals surface area (Å²) < 4.78 is 0. The molecule has 1 unspecified atom stereocenters. The Balaban J connectivity index is 1.38. The Morgan fingerprint density at radius 1 is 0.833 bits per heavy atom. The average Bonchev–Trinajstić information content (AvgIpc) is 3.38. The van der Waals surface area contributed by atoms with E-state index in [1.165, 1.54) is 11.1 Å². The molecule has 0 spiro atoms. The summed E-state index contributed by atoms with van der Waals surface area (Å²) in [6, 6.07) is 27.7. The summed E-state index contributed by atoms with van der Waals surface area (Å²) in [5, 5.41) is 16.0. The fourth-order valence-electron chi connectivity index (χ4n) is 4.29. The van der Waals surface area contributed by atoms with E-state index in [9.17, 15) is 0 Å². The van der Waals surface area contributed by atoms with E-state index in [2.05, 4.69) is 109 Å². The molecule has 4 rings (SSSR count). The molecule has 1 heterocycles. The van der Waals surface area contributed by atoms with Gasteiger partial charge in [-0.15, -0.1) is 6.58 Å². The fourth-order valence-corrected chi connectivity index (χ4v) is 4.29. The summed E-state index contributed by atoms with van der Waals surface area (Å²) in [7, 11) is 0. The Kier molecular flexibility index (Phi) is 8.17. The number of benzene rings is 3. The van der Waals surface area contributed by atoms with Crippen molar-refractivity contribution in [3.8, 4) is 0 Å². The van der Waals surface area contributed by atoms with Gasteiger partial charge >= 0.3 is 0 Å². The first-order valence-corrected chi connectivity index (χ1v) is 12.6. The minimum atomic E-state index is 0.198. The van der Waals surface area contributed by atoms with Crippen molar-refractivity contribution >= 4 is 22.8 Å². The highest BCUT2D eigenvalue weighted by Crippen LogP contribution is 2.28. The van der Waals surface area contributed by atoms with Gasteiger partial charge in [0.25, 0.3) is 0 Å². The van der Waals surface area contributed by atoms with E-state index >= 15 is 0 Å². The summed E-state index contributed by atoms with van der Waals surface area (Å²) in [6.07, 6.45) is 1.71. The van der Waals surface area contributed by atoms with Crippen molar-refractivity contribution in [2.24, 2.45) is 16.1 Å². The van der Waals surface area contributed by atoms with E-state index in [-0.39, 0.29) is 6.04 Å². The van der Waals surface area contributed by atoms with Gasteiger partial charge in [-0.25, -0.2) is 0 Å². The highest BCUT2D eigenvalue weighted by atomic mass is 15.2. The van der Waals surface area contributed by atoms with Crippen LogP contribution in [0.1, 0.15) is 61.9 Å². The first kappa shape index (κ1) is 25.2. The zero-order valence-corrected chi connectivity index (χ0v) is 21.6. The van der Waals surface area contributed by atoms with Crippen molar-refractivity contribution in [3.05, 3.63) is 120 Å². The van der Waals surface area contributed by atoms with Crippen molar-refractivity contribution in [1.29, 1.82) is 0 Å². The number of nitrogens with zero attached hydrogens (tertiary/aromatic N) is 2. The fraction of sp³-hybridized carbons (Fsp3) is 0.250. The second-order valence-electron chi connectivity index (χ2n) is 9.81. The van der Waals surface area contributed by atoms with Crippen molar-refractivity contribution in [1.82, 2.24) is 5.32 Å². The molecule has 0 amide bonds. The molecule has 0 aromatic heterocycles. The minimum absolute atomic E-state index is 0.198. The normalized spacial score (nSPS) is 13.7. The molecule has 0 aliphatic carbocycles. The molecule has 2 N–H and O–H groups in total. The van der Waals surface area contributed by atoms with Gasteiger partial charge in [-0.1, -0.05) is 92.7 Å². The molecule has 0 radical (unpaired) electrons. The molecule has 4 nitrogen and oxygen atoms in total. The predicted octanol–water partition coefficient (Wildman–Crippen LogP) is 7.62. The number of hydrogen-bond acceptors (Lipinski definition) is 4. The molecule has 1 aliphatic rings. The van der Waals surface area contributed by atoms with Crippen molar-refractivity contribution in [3.63, 3.8) is 0 Å². The largest absolute Gasteiger partial charge is 0.385 e. The lowest BCUT2D eigenvalue weighted by atomic mass is 9.93. The van der Waals surface area contributed by atoms with Gasteiger partial charge < -0.3 is 10.6 Å². The summed E-state index contributed by atoms with van der Waals surface area (Å²) in [5.41, 5.74) is 9.85. The van der Waals surface area contributed by atoms with Gasteiger partial charge in [-0.05, 0) is 53.6 Å². The third-order valence-corrected chi connectivity index (χ3v) is 6.45. The number of nitrogens with one attached hydrogen (secondary N) is 2. The van der Waals surface area contributed by atoms with E-state index < -0.39 is 0 Å². The maximum atomic E-state index is 4.46. The van der Waals surface area contributed by atoms with Gasteiger partial charge in [-0.2, -0.15) is 10.2 Å². The maximum absolute atomic E-state index is 4.46. The van der Waals surface area contributed by atoms with Crippen molar-refractivity contribution in [2.45, 2.75) is 39.7 Å². The van der Waals surface area contributed by atoms with Crippen LogP contribution in [0, 0.1) is 5.92 Å².